The molecule has 0 fully saturated rings. The van der Waals surface area contributed by atoms with Crippen molar-refractivity contribution in [2.45, 2.75) is 6.92 Å². The van der Waals surface area contributed by atoms with E-state index in [9.17, 15) is 10.1 Å². The van der Waals surface area contributed by atoms with Crippen LogP contribution >= 0.6 is 0 Å². The summed E-state index contributed by atoms with van der Waals surface area (Å²) in [6.45, 7) is 2.14. The van der Waals surface area contributed by atoms with Crippen LogP contribution in [0.25, 0.3) is 11.5 Å². The standard InChI is InChI=1S/C11H10N2O4/c1-2-16-10-4-3-8(7-9(10)13(14)15)11-12-5-6-17-11/h3-7H,2H2,1H3. The van der Waals surface area contributed by atoms with Gasteiger partial charge in [-0.15, -0.1) is 0 Å². The monoisotopic (exact) mass is 234 g/mol. The Kier molecular flexibility index (Phi) is 3.04. The molecule has 0 spiro atoms. The fraction of sp³-hybridized carbons (Fsp3) is 0.182. The molecule has 0 aliphatic heterocycles. The minimum atomic E-state index is -0.489. The number of aromatic nitrogens is 1. The maximum Gasteiger partial charge on any atom is 0.311 e. The highest BCUT2D eigenvalue weighted by Gasteiger charge is 2.17. The van der Waals surface area contributed by atoms with Crippen molar-refractivity contribution < 1.29 is 14.1 Å². The first-order chi connectivity index (χ1) is 8.22. The second kappa shape index (κ2) is 4.65. The lowest BCUT2D eigenvalue weighted by Gasteiger charge is -2.04. The molecule has 2 rings (SSSR count). The molecule has 1 aromatic carbocycles. The highest BCUT2D eigenvalue weighted by atomic mass is 16.6. The lowest BCUT2D eigenvalue weighted by atomic mass is 10.2. The third-order valence-electron chi connectivity index (χ3n) is 2.13. The Labute approximate surface area is 97.0 Å². The molecular weight excluding hydrogens is 224 g/mol. The third kappa shape index (κ3) is 2.25. The average Bonchev–Trinajstić information content (AvgIpc) is 2.83. The minimum absolute atomic E-state index is 0.0949. The van der Waals surface area contributed by atoms with Crippen LogP contribution in [0.1, 0.15) is 6.92 Å². The van der Waals surface area contributed by atoms with Gasteiger partial charge in [-0.25, -0.2) is 4.98 Å². The molecule has 0 N–H and O–H groups in total. The molecule has 1 heterocycles. The van der Waals surface area contributed by atoms with E-state index >= 15 is 0 Å². The van der Waals surface area contributed by atoms with E-state index in [0.29, 0.717) is 18.1 Å². The first-order valence-corrected chi connectivity index (χ1v) is 5.03. The van der Waals surface area contributed by atoms with E-state index in [1.165, 1.54) is 18.5 Å². The summed E-state index contributed by atoms with van der Waals surface area (Å²) in [5.74, 6) is 0.587. The van der Waals surface area contributed by atoms with E-state index in [1.54, 1.807) is 19.1 Å². The quantitative estimate of drug-likeness (QED) is 0.600. The lowest BCUT2D eigenvalue weighted by molar-refractivity contribution is -0.385. The zero-order valence-corrected chi connectivity index (χ0v) is 9.12. The number of hydrogen-bond acceptors (Lipinski definition) is 5. The summed E-state index contributed by atoms with van der Waals surface area (Å²) in [6.07, 6.45) is 2.90. The summed E-state index contributed by atoms with van der Waals surface area (Å²) in [5.41, 5.74) is 0.452. The van der Waals surface area contributed by atoms with Gasteiger partial charge in [0.05, 0.1) is 17.7 Å². The van der Waals surface area contributed by atoms with E-state index < -0.39 is 4.92 Å². The topological polar surface area (TPSA) is 78.4 Å². The van der Waals surface area contributed by atoms with Crippen LogP contribution in [0.4, 0.5) is 5.69 Å². The van der Waals surface area contributed by atoms with Crippen LogP contribution in [-0.4, -0.2) is 16.5 Å². The Balaban J connectivity index is 2.45. The third-order valence-corrected chi connectivity index (χ3v) is 2.13. The highest BCUT2D eigenvalue weighted by Crippen LogP contribution is 2.31. The van der Waals surface area contributed by atoms with Gasteiger partial charge in [-0.05, 0) is 19.1 Å². The predicted octanol–water partition coefficient (Wildman–Crippen LogP) is 2.65. The molecule has 88 valence electrons. The second-order valence-electron chi connectivity index (χ2n) is 3.21. The van der Waals surface area contributed by atoms with Crippen LogP contribution in [-0.2, 0) is 0 Å². The van der Waals surface area contributed by atoms with Gasteiger partial charge in [0.15, 0.2) is 5.75 Å². The van der Waals surface area contributed by atoms with Gasteiger partial charge in [-0.3, -0.25) is 10.1 Å². The van der Waals surface area contributed by atoms with Gasteiger partial charge in [0.25, 0.3) is 0 Å². The summed E-state index contributed by atoms with van der Waals surface area (Å²) in [4.78, 5) is 14.3. The first-order valence-electron chi connectivity index (χ1n) is 5.03. The number of hydrogen-bond donors (Lipinski definition) is 0. The molecule has 0 unspecified atom stereocenters. The largest absolute Gasteiger partial charge is 0.487 e. The molecular formula is C11H10N2O4. The number of nitro groups is 1. The second-order valence-corrected chi connectivity index (χ2v) is 3.21. The Morgan fingerprint density at radius 2 is 2.35 bits per heavy atom. The van der Waals surface area contributed by atoms with E-state index in [0.717, 1.165) is 0 Å². The number of benzene rings is 1. The van der Waals surface area contributed by atoms with Crippen LogP contribution in [0.2, 0.25) is 0 Å². The zero-order valence-electron chi connectivity index (χ0n) is 9.12. The Hall–Kier alpha value is -2.37. The maximum absolute atomic E-state index is 10.9. The smallest absolute Gasteiger partial charge is 0.311 e. The van der Waals surface area contributed by atoms with E-state index in [1.807, 2.05) is 0 Å². The molecule has 0 saturated heterocycles. The number of ether oxygens (including phenoxy) is 1. The summed E-state index contributed by atoms with van der Waals surface area (Å²) in [5, 5.41) is 10.9. The van der Waals surface area contributed by atoms with Gasteiger partial charge in [0.1, 0.15) is 6.26 Å². The molecule has 0 amide bonds. The van der Waals surface area contributed by atoms with E-state index in [2.05, 4.69) is 4.98 Å². The van der Waals surface area contributed by atoms with Crippen LogP contribution < -0.4 is 4.74 Å². The Bertz CT molecular complexity index is 522. The SMILES string of the molecule is CCOc1ccc(-c2ncco2)cc1[N+](=O)[O-]. The molecule has 6 heteroatoms. The van der Waals surface area contributed by atoms with Gasteiger partial charge in [-0.1, -0.05) is 0 Å². The summed E-state index contributed by atoms with van der Waals surface area (Å²) in [7, 11) is 0. The van der Waals surface area contributed by atoms with Crippen LogP contribution in [0.5, 0.6) is 5.75 Å². The molecule has 0 saturated carbocycles. The fourth-order valence-corrected chi connectivity index (χ4v) is 1.44. The van der Waals surface area contributed by atoms with Crippen molar-refractivity contribution in [2.75, 3.05) is 6.61 Å². The van der Waals surface area contributed by atoms with Crippen molar-refractivity contribution in [3.8, 4) is 17.2 Å². The first kappa shape index (κ1) is 11.1. The van der Waals surface area contributed by atoms with Crippen LogP contribution in [0.15, 0.2) is 35.1 Å². The lowest BCUT2D eigenvalue weighted by Crippen LogP contribution is -1.97. The van der Waals surface area contributed by atoms with Gasteiger partial charge in [-0.2, -0.15) is 0 Å². The van der Waals surface area contributed by atoms with Crippen molar-refractivity contribution >= 4 is 5.69 Å². The maximum atomic E-state index is 10.9. The van der Waals surface area contributed by atoms with Crippen molar-refractivity contribution in [2.24, 2.45) is 0 Å². The van der Waals surface area contributed by atoms with Crippen molar-refractivity contribution in [3.63, 3.8) is 0 Å². The Morgan fingerprint density at radius 1 is 1.53 bits per heavy atom. The van der Waals surface area contributed by atoms with Crippen LogP contribution in [0.3, 0.4) is 0 Å². The van der Waals surface area contributed by atoms with Gasteiger partial charge in [0.2, 0.25) is 5.89 Å². The van der Waals surface area contributed by atoms with Gasteiger partial charge in [0, 0.05) is 11.6 Å². The Morgan fingerprint density at radius 3 is 2.94 bits per heavy atom. The normalized spacial score (nSPS) is 10.2. The van der Waals surface area contributed by atoms with Crippen LogP contribution in [0, 0.1) is 10.1 Å². The molecule has 2 aromatic rings. The summed E-state index contributed by atoms with van der Waals surface area (Å²) >= 11 is 0. The number of rotatable bonds is 4. The molecule has 0 atom stereocenters. The van der Waals surface area contributed by atoms with Crippen molar-refractivity contribution in [3.05, 3.63) is 40.8 Å². The van der Waals surface area contributed by atoms with E-state index in [-0.39, 0.29) is 11.4 Å². The molecule has 0 radical (unpaired) electrons. The molecule has 1 aromatic heterocycles. The average molecular weight is 234 g/mol. The summed E-state index contributed by atoms with van der Waals surface area (Å²) in [6, 6.07) is 4.60. The van der Waals surface area contributed by atoms with E-state index in [4.69, 9.17) is 9.15 Å². The molecule has 6 nitrogen and oxygen atoms in total. The number of oxazole rings is 1. The molecule has 0 aliphatic rings. The van der Waals surface area contributed by atoms with Crippen molar-refractivity contribution in [1.82, 2.24) is 4.98 Å². The minimum Gasteiger partial charge on any atom is -0.487 e. The molecule has 0 aliphatic carbocycles. The molecule has 17 heavy (non-hydrogen) atoms. The highest BCUT2D eigenvalue weighted by molar-refractivity contribution is 5.62. The molecule has 0 bridgehead atoms. The zero-order chi connectivity index (χ0) is 12.3. The predicted molar refractivity (Wildman–Crippen MR) is 59.8 cm³/mol. The fourth-order valence-electron chi connectivity index (χ4n) is 1.44. The van der Waals surface area contributed by atoms with Gasteiger partial charge < -0.3 is 9.15 Å². The van der Waals surface area contributed by atoms with Crippen molar-refractivity contribution in [1.29, 1.82) is 0 Å². The number of nitrogens with zero attached hydrogens (tertiary/aromatic N) is 2. The van der Waals surface area contributed by atoms with Gasteiger partial charge >= 0.3 is 5.69 Å². The summed E-state index contributed by atoms with van der Waals surface area (Å²) < 4.78 is 10.3. The number of nitro benzene ring substituents is 1.